The number of amides is 1. The van der Waals surface area contributed by atoms with Crippen LogP contribution in [-0.4, -0.2) is 40.7 Å². The Morgan fingerprint density at radius 3 is 2.47 bits per heavy atom. The fourth-order valence-corrected chi connectivity index (χ4v) is 4.86. The van der Waals surface area contributed by atoms with Gasteiger partial charge in [-0.05, 0) is 89.3 Å². The van der Waals surface area contributed by atoms with E-state index in [9.17, 15) is 9.90 Å². The lowest BCUT2D eigenvalue weighted by Crippen LogP contribution is -2.34. The Morgan fingerprint density at radius 2 is 1.82 bits per heavy atom. The summed E-state index contributed by atoms with van der Waals surface area (Å²) in [5, 5.41) is 16.1. The summed E-state index contributed by atoms with van der Waals surface area (Å²) in [5.41, 5.74) is 2.80. The van der Waals surface area contributed by atoms with Gasteiger partial charge in [-0.15, -0.1) is 0 Å². The third-order valence-electron chi connectivity index (χ3n) is 5.60. The SMILES string of the molecule is C=CC(=O)Nc1ccc(Sc2nc(Nc3ccc(N4CCC(CO)CC4)cc3)ncc2Br)cc1. The molecule has 3 N–H and O–H groups in total. The second-order valence-electron chi connectivity index (χ2n) is 7.95. The Labute approximate surface area is 211 Å². The normalized spacial score (nSPS) is 14.0. The van der Waals surface area contributed by atoms with E-state index in [0.29, 0.717) is 17.6 Å². The van der Waals surface area contributed by atoms with E-state index in [-0.39, 0.29) is 12.5 Å². The number of nitrogens with one attached hydrogen (secondary N) is 2. The van der Waals surface area contributed by atoms with Crippen molar-refractivity contribution in [1.82, 2.24) is 9.97 Å². The van der Waals surface area contributed by atoms with Gasteiger partial charge in [0.2, 0.25) is 11.9 Å². The molecule has 1 aliphatic heterocycles. The molecule has 1 fully saturated rings. The van der Waals surface area contributed by atoms with Crippen molar-refractivity contribution in [3.63, 3.8) is 0 Å². The molecule has 1 amide bonds. The monoisotopic (exact) mass is 539 g/mol. The predicted octanol–water partition coefficient (Wildman–Crippen LogP) is 5.47. The minimum absolute atomic E-state index is 0.242. The van der Waals surface area contributed by atoms with Crippen LogP contribution in [0, 0.1) is 5.92 Å². The highest BCUT2D eigenvalue weighted by Crippen LogP contribution is 2.33. The van der Waals surface area contributed by atoms with Gasteiger partial charge in [-0.3, -0.25) is 4.79 Å². The van der Waals surface area contributed by atoms with E-state index in [1.807, 2.05) is 36.4 Å². The molecule has 1 aliphatic rings. The fourth-order valence-electron chi connectivity index (χ4n) is 3.65. The second-order valence-corrected chi connectivity index (χ2v) is 9.87. The highest BCUT2D eigenvalue weighted by molar-refractivity contribution is 9.10. The average molecular weight is 540 g/mol. The molecule has 0 spiro atoms. The van der Waals surface area contributed by atoms with Crippen LogP contribution in [0.2, 0.25) is 0 Å². The zero-order chi connectivity index (χ0) is 23.9. The number of nitrogens with zero attached hydrogens (tertiary/aromatic N) is 3. The van der Waals surface area contributed by atoms with E-state index >= 15 is 0 Å². The lowest BCUT2D eigenvalue weighted by molar-refractivity contribution is -0.111. The van der Waals surface area contributed by atoms with Crippen molar-refractivity contribution in [3.8, 4) is 0 Å². The van der Waals surface area contributed by atoms with Crippen molar-refractivity contribution < 1.29 is 9.90 Å². The Kier molecular flexibility index (Phi) is 8.21. The fraction of sp³-hybridized carbons (Fsp3) is 0.240. The van der Waals surface area contributed by atoms with Crippen LogP contribution in [0.5, 0.6) is 0 Å². The zero-order valence-corrected chi connectivity index (χ0v) is 21.0. The minimum Gasteiger partial charge on any atom is -0.396 e. The van der Waals surface area contributed by atoms with Crippen molar-refractivity contribution in [2.45, 2.75) is 22.8 Å². The number of hydrogen-bond donors (Lipinski definition) is 3. The highest BCUT2D eigenvalue weighted by atomic mass is 79.9. The summed E-state index contributed by atoms with van der Waals surface area (Å²) in [6.45, 7) is 5.68. The summed E-state index contributed by atoms with van der Waals surface area (Å²) in [6.07, 6.45) is 5.02. The molecular weight excluding hydrogens is 514 g/mol. The van der Waals surface area contributed by atoms with Crippen molar-refractivity contribution in [2.24, 2.45) is 5.92 Å². The molecule has 0 radical (unpaired) electrons. The number of aliphatic hydroxyl groups excluding tert-OH is 1. The van der Waals surface area contributed by atoms with Crippen LogP contribution in [-0.2, 0) is 4.79 Å². The van der Waals surface area contributed by atoms with Gasteiger partial charge >= 0.3 is 0 Å². The molecule has 1 saturated heterocycles. The van der Waals surface area contributed by atoms with Gasteiger partial charge in [-0.2, -0.15) is 0 Å². The van der Waals surface area contributed by atoms with Crippen LogP contribution in [0.1, 0.15) is 12.8 Å². The van der Waals surface area contributed by atoms with Crippen LogP contribution in [0.25, 0.3) is 0 Å². The lowest BCUT2D eigenvalue weighted by atomic mass is 9.97. The van der Waals surface area contributed by atoms with Gasteiger partial charge in [0, 0.05) is 47.9 Å². The number of hydrogen-bond acceptors (Lipinski definition) is 7. The van der Waals surface area contributed by atoms with Crippen molar-refractivity contribution in [3.05, 3.63) is 71.9 Å². The Hall–Kier alpha value is -2.88. The summed E-state index contributed by atoms with van der Waals surface area (Å²) >= 11 is 5.03. The highest BCUT2D eigenvalue weighted by Gasteiger charge is 2.18. The molecule has 2 aromatic carbocycles. The van der Waals surface area contributed by atoms with Gasteiger partial charge in [0.1, 0.15) is 5.03 Å². The summed E-state index contributed by atoms with van der Waals surface area (Å²) in [7, 11) is 0. The van der Waals surface area contributed by atoms with Crippen molar-refractivity contribution in [1.29, 1.82) is 0 Å². The number of aromatic nitrogens is 2. The number of carbonyl (C=O) groups is 1. The smallest absolute Gasteiger partial charge is 0.247 e. The molecule has 0 bridgehead atoms. The first-order valence-corrected chi connectivity index (χ1v) is 12.6. The van der Waals surface area contributed by atoms with Gasteiger partial charge in [-0.25, -0.2) is 9.97 Å². The summed E-state index contributed by atoms with van der Waals surface area (Å²) < 4.78 is 0.800. The molecule has 34 heavy (non-hydrogen) atoms. The Bertz CT molecular complexity index is 1130. The van der Waals surface area contributed by atoms with E-state index in [2.05, 4.69) is 60.1 Å². The van der Waals surface area contributed by atoms with Crippen LogP contribution in [0.4, 0.5) is 23.0 Å². The first-order chi connectivity index (χ1) is 16.5. The molecule has 0 saturated carbocycles. The largest absolute Gasteiger partial charge is 0.396 e. The molecule has 9 heteroatoms. The molecule has 0 atom stereocenters. The Morgan fingerprint density at radius 1 is 1.15 bits per heavy atom. The van der Waals surface area contributed by atoms with Gasteiger partial charge in [0.25, 0.3) is 0 Å². The van der Waals surface area contributed by atoms with Gasteiger partial charge < -0.3 is 20.6 Å². The summed E-state index contributed by atoms with van der Waals surface area (Å²) in [4.78, 5) is 23.8. The van der Waals surface area contributed by atoms with Crippen LogP contribution >= 0.6 is 27.7 Å². The summed E-state index contributed by atoms with van der Waals surface area (Å²) in [5.74, 6) is 0.695. The zero-order valence-electron chi connectivity index (χ0n) is 18.6. The standard InChI is InChI=1S/C25H26BrN5O2S/c1-2-23(33)28-18-5-9-21(10-6-18)34-24-22(26)15-27-25(30-24)29-19-3-7-20(8-4-19)31-13-11-17(16-32)12-14-31/h2-10,15,17,32H,1,11-14,16H2,(H,28,33)(H,27,29,30). The number of rotatable bonds is 8. The van der Waals surface area contributed by atoms with E-state index in [1.165, 1.54) is 23.5 Å². The number of benzene rings is 2. The topological polar surface area (TPSA) is 90.4 Å². The van der Waals surface area contributed by atoms with Crippen LogP contribution in [0.15, 0.2) is 81.8 Å². The first-order valence-electron chi connectivity index (χ1n) is 11.0. The average Bonchev–Trinajstić information content (AvgIpc) is 2.87. The first kappa shape index (κ1) is 24.3. The van der Waals surface area contributed by atoms with E-state index < -0.39 is 0 Å². The number of carbonyl (C=O) groups excluding carboxylic acids is 1. The van der Waals surface area contributed by atoms with E-state index in [1.54, 1.807) is 6.20 Å². The summed E-state index contributed by atoms with van der Waals surface area (Å²) in [6, 6.07) is 15.8. The number of halogens is 1. The second kappa shape index (κ2) is 11.5. The van der Waals surface area contributed by atoms with Gasteiger partial charge in [0.05, 0.1) is 4.47 Å². The molecule has 1 aromatic heterocycles. The Balaban J connectivity index is 1.39. The maximum atomic E-state index is 11.4. The van der Waals surface area contributed by atoms with Gasteiger partial charge in [0.15, 0.2) is 0 Å². The molecule has 3 aromatic rings. The number of piperidine rings is 1. The lowest BCUT2D eigenvalue weighted by Gasteiger charge is -2.32. The molecule has 176 valence electrons. The third kappa shape index (κ3) is 6.37. The van der Waals surface area contributed by atoms with E-state index in [0.717, 1.165) is 46.0 Å². The number of anilines is 4. The predicted molar refractivity (Wildman–Crippen MR) is 141 cm³/mol. The van der Waals surface area contributed by atoms with Crippen molar-refractivity contribution >= 4 is 56.6 Å². The number of aliphatic hydroxyl groups is 1. The van der Waals surface area contributed by atoms with Crippen molar-refractivity contribution in [2.75, 3.05) is 35.2 Å². The van der Waals surface area contributed by atoms with Gasteiger partial charge in [-0.1, -0.05) is 18.3 Å². The quantitative estimate of drug-likeness (QED) is 0.258. The third-order valence-corrected chi connectivity index (χ3v) is 7.45. The molecular formula is C25H26BrN5O2S. The van der Waals surface area contributed by atoms with E-state index in [4.69, 9.17) is 0 Å². The minimum atomic E-state index is -0.242. The van der Waals surface area contributed by atoms with Crippen LogP contribution in [0.3, 0.4) is 0 Å². The maximum Gasteiger partial charge on any atom is 0.247 e. The molecule has 0 unspecified atom stereocenters. The molecule has 7 nitrogen and oxygen atoms in total. The molecule has 2 heterocycles. The van der Waals surface area contributed by atoms with Crippen LogP contribution < -0.4 is 15.5 Å². The molecule has 4 rings (SSSR count). The molecule has 0 aliphatic carbocycles. The maximum absolute atomic E-state index is 11.4.